The Bertz CT molecular complexity index is 1160. The predicted octanol–water partition coefficient (Wildman–Crippen LogP) is 11.8. The summed E-state index contributed by atoms with van der Waals surface area (Å²) >= 11 is 0. The first kappa shape index (κ1) is 49.0. The molecule has 0 aromatic carbocycles. The van der Waals surface area contributed by atoms with Crippen molar-refractivity contribution < 1.29 is 37.9 Å². The molecule has 0 unspecified atom stereocenters. The van der Waals surface area contributed by atoms with Crippen molar-refractivity contribution in [2.45, 2.75) is 148 Å². The van der Waals surface area contributed by atoms with E-state index in [1.807, 2.05) is 0 Å². The minimum atomic E-state index is -4.77. The van der Waals surface area contributed by atoms with Gasteiger partial charge in [-0.15, -0.1) is 0 Å². The lowest BCUT2D eigenvalue weighted by atomic mass is 10.1. The summed E-state index contributed by atoms with van der Waals surface area (Å²) in [6.45, 7) is 3.39. The van der Waals surface area contributed by atoms with Crippen LogP contribution in [0.2, 0.25) is 0 Å². The Balaban J connectivity index is 4.08. The van der Waals surface area contributed by atoms with Crippen LogP contribution in [-0.4, -0.2) is 41.0 Å². The normalized spacial score (nSPS) is 13.5. The third kappa shape index (κ3) is 39.8. The van der Waals surface area contributed by atoms with Gasteiger partial charge in [0, 0.05) is 12.8 Å². The highest BCUT2D eigenvalue weighted by molar-refractivity contribution is 7.46. The van der Waals surface area contributed by atoms with E-state index in [2.05, 4.69) is 116 Å². The van der Waals surface area contributed by atoms with E-state index in [9.17, 15) is 14.2 Å². The van der Waals surface area contributed by atoms with Crippen LogP contribution in [0.5, 0.6) is 0 Å². The van der Waals surface area contributed by atoms with E-state index >= 15 is 0 Å². The molecule has 0 radical (unpaired) electrons. The second-order valence-corrected chi connectivity index (χ2v) is 13.7. The van der Waals surface area contributed by atoms with Gasteiger partial charge in [0.2, 0.25) is 0 Å². The summed E-state index contributed by atoms with van der Waals surface area (Å²) in [4.78, 5) is 42.8. The van der Waals surface area contributed by atoms with E-state index in [0.29, 0.717) is 12.8 Å². The molecule has 0 rings (SSSR count). The zero-order valence-electron chi connectivity index (χ0n) is 32.2. The molecule has 9 heteroatoms. The summed E-state index contributed by atoms with van der Waals surface area (Å²) in [6, 6.07) is 0. The lowest BCUT2D eigenvalue weighted by molar-refractivity contribution is -0.161. The van der Waals surface area contributed by atoms with E-state index in [4.69, 9.17) is 19.3 Å². The molecule has 0 saturated carbocycles. The first-order chi connectivity index (χ1) is 25.3. The topological polar surface area (TPSA) is 119 Å². The molecule has 0 saturated heterocycles. The van der Waals surface area contributed by atoms with Crippen LogP contribution in [0.15, 0.2) is 97.2 Å². The van der Waals surface area contributed by atoms with Crippen LogP contribution < -0.4 is 0 Å². The molecule has 0 fully saturated rings. The molecule has 52 heavy (non-hydrogen) atoms. The summed E-state index contributed by atoms with van der Waals surface area (Å²) in [6.07, 6.45) is 51.2. The van der Waals surface area contributed by atoms with Gasteiger partial charge in [-0.2, -0.15) is 0 Å². The number of phosphoric ester groups is 1. The van der Waals surface area contributed by atoms with Crippen LogP contribution in [0.4, 0.5) is 0 Å². The number of phosphoric acid groups is 1. The van der Waals surface area contributed by atoms with Crippen molar-refractivity contribution in [3.8, 4) is 0 Å². The van der Waals surface area contributed by atoms with Crippen molar-refractivity contribution in [3.63, 3.8) is 0 Å². The average molecular weight is 745 g/mol. The molecule has 0 spiro atoms. The Hall–Kier alpha value is -3.03. The summed E-state index contributed by atoms with van der Waals surface area (Å²) in [5.41, 5.74) is 0. The van der Waals surface area contributed by atoms with Crippen LogP contribution in [0.1, 0.15) is 142 Å². The minimum absolute atomic E-state index is 0.163. The van der Waals surface area contributed by atoms with Gasteiger partial charge in [0.05, 0.1) is 6.61 Å². The Morgan fingerprint density at radius 2 is 0.865 bits per heavy atom. The number of hydrogen-bond acceptors (Lipinski definition) is 6. The molecule has 0 heterocycles. The third-order valence-electron chi connectivity index (χ3n) is 7.60. The van der Waals surface area contributed by atoms with Crippen LogP contribution in [0, 0.1) is 0 Å². The summed E-state index contributed by atoms with van der Waals surface area (Å²) < 4.78 is 26.3. The van der Waals surface area contributed by atoms with Gasteiger partial charge >= 0.3 is 19.8 Å². The predicted molar refractivity (Wildman–Crippen MR) is 216 cm³/mol. The number of ether oxygens (including phenoxy) is 2. The Kier molecular flexibility index (Phi) is 35.5. The number of rotatable bonds is 34. The fourth-order valence-electron chi connectivity index (χ4n) is 4.76. The quantitative estimate of drug-likeness (QED) is 0.0289. The molecule has 0 aromatic heterocycles. The lowest BCUT2D eigenvalue weighted by Gasteiger charge is -2.18. The Labute approximate surface area is 315 Å². The Morgan fingerprint density at radius 1 is 0.500 bits per heavy atom. The number of esters is 2. The standard InChI is InChI=1S/C43H69O8P/c1-3-5-7-9-11-13-15-17-19-20-21-22-24-26-28-30-32-34-36-38-43(45)51-41(40-50-52(46,47)48)39-49-42(44)37-35-33-31-29-27-25-23-18-16-14-12-10-8-6-4-2/h5-8,11-14,17-19,21-23,26,28,41H,3-4,9-10,15-16,20,24-25,27,29-40H2,1-2H3,(H2,46,47,48)/b7-5-,8-6-,13-11-,14-12-,19-17-,22-21-,23-18-,28-26-/t41-/m1/s1. The molecule has 0 aliphatic carbocycles. The molecule has 1 atom stereocenters. The molecule has 0 aromatic rings. The average Bonchev–Trinajstić information content (AvgIpc) is 3.11. The molecule has 2 N–H and O–H groups in total. The van der Waals surface area contributed by atoms with Crippen LogP contribution >= 0.6 is 7.82 Å². The number of carbonyl (C=O) groups excluding carboxylic acids is 2. The van der Waals surface area contributed by atoms with Crippen LogP contribution in [0.3, 0.4) is 0 Å². The first-order valence-corrected chi connectivity index (χ1v) is 21.1. The molecule has 0 amide bonds. The zero-order valence-corrected chi connectivity index (χ0v) is 33.1. The van der Waals surface area contributed by atoms with Crippen molar-refractivity contribution in [1.29, 1.82) is 0 Å². The van der Waals surface area contributed by atoms with Crippen molar-refractivity contribution in [1.82, 2.24) is 0 Å². The van der Waals surface area contributed by atoms with Crippen molar-refractivity contribution >= 4 is 19.8 Å². The van der Waals surface area contributed by atoms with Gasteiger partial charge < -0.3 is 19.3 Å². The number of hydrogen-bond donors (Lipinski definition) is 2. The fraction of sp³-hybridized carbons (Fsp3) is 0.581. The van der Waals surface area contributed by atoms with E-state index in [1.165, 1.54) is 0 Å². The van der Waals surface area contributed by atoms with E-state index in [0.717, 1.165) is 103 Å². The highest BCUT2D eigenvalue weighted by atomic mass is 31.2. The SMILES string of the molecule is CC/C=C\C/C=C\C/C=C\C/C=C\C/C=C\CCCCCC(=O)O[C@H](COC(=O)CCCCCCC/C=C\C/C=C\C/C=C\CC)COP(=O)(O)O. The maximum atomic E-state index is 12.4. The van der Waals surface area contributed by atoms with E-state index in [1.54, 1.807) is 0 Å². The number of unbranched alkanes of at least 4 members (excludes halogenated alkanes) is 8. The van der Waals surface area contributed by atoms with Crippen molar-refractivity contribution in [2.75, 3.05) is 13.2 Å². The second kappa shape index (κ2) is 37.7. The van der Waals surface area contributed by atoms with Crippen LogP contribution in [0.25, 0.3) is 0 Å². The zero-order chi connectivity index (χ0) is 38.2. The van der Waals surface area contributed by atoms with Gasteiger partial charge in [-0.05, 0) is 89.9 Å². The monoisotopic (exact) mass is 744 g/mol. The molecule has 294 valence electrons. The van der Waals surface area contributed by atoms with Crippen molar-refractivity contribution in [2.24, 2.45) is 0 Å². The second-order valence-electron chi connectivity index (χ2n) is 12.5. The van der Waals surface area contributed by atoms with E-state index in [-0.39, 0.29) is 19.4 Å². The highest BCUT2D eigenvalue weighted by Crippen LogP contribution is 2.36. The number of carbonyl (C=O) groups is 2. The molecule has 0 aliphatic heterocycles. The number of allylic oxidation sites excluding steroid dienone is 16. The van der Waals surface area contributed by atoms with Gasteiger partial charge in [-0.1, -0.05) is 137 Å². The van der Waals surface area contributed by atoms with Crippen molar-refractivity contribution in [3.05, 3.63) is 97.2 Å². The summed E-state index contributed by atoms with van der Waals surface area (Å²) in [5.74, 6) is -0.954. The maximum absolute atomic E-state index is 12.4. The van der Waals surface area contributed by atoms with Gasteiger partial charge in [0.15, 0.2) is 6.10 Å². The summed E-state index contributed by atoms with van der Waals surface area (Å²) in [5, 5.41) is 0. The molecular formula is C43H69O8P. The lowest BCUT2D eigenvalue weighted by Crippen LogP contribution is -2.29. The first-order valence-electron chi connectivity index (χ1n) is 19.5. The largest absolute Gasteiger partial charge is 0.469 e. The summed E-state index contributed by atoms with van der Waals surface area (Å²) in [7, 11) is -4.77. The fourth-order valence-corrected chi connectivity index (χ4v) is 5.13. The maximum Gasteiger partial charge on any atom is 0.469 e. The van der Waals surface area contributed by atoms with Gasteiger partial charge in [0.25, 0.3) is 0 Å². The van der Waals surface area contributed by atoms with E-state index < -0.39 is 32.5 Å². The van der Waals surface area contributed by atoms with Gasteiger partial charge in [0.1, 0.15) is 6.61 Å². The highest BCUT2D eigenvalue weighted by Gasteiger charge is 2.22. The molecule has 0 aliphatic rings. The van der Waals surface area contributed by atoms with Crippen LogP contribution in [-0.2, 0) is 28.2 Å². The minimum Gasteiger partial charge on any atom is -0.462 e. The van der Waals surface area contributed by atoms with Gasteiger partial charge in [-0.3, -0.25) is 14.1 Å². The smallest absolute Gasteiger partial charge is 0.462 e. The Morgan fingerprint density at radius 3 is 1.31 bits per heavy atom. The van der Waals surface area contributed by atoms with Gasteiger partial charge in [-0.25, -0.2) is 4.57 Å². The molecule has 0 bridgehead atoms. The third-order valence-corrected chi connectivity index (χ3v) is 8.08. The molecular weight excluding hydrogens is 675 g/mol. The molecule has 8 nitrogen and oxygen atoms in total.